The third-order valence-corrected chi connectivity index (χ3v) is 3.41. The van der Waals surface area contributed by atoms with E-state index in [1.165, 1.54) is 6.20 Å². The Bertz CT molecular complexity index is 477. The van der Waals surface area contributed by atoms with Gasteiger partial charge in [-0.2, -0.15) is 0 Å². The summed E-state index contributed by atoms with van der Waals surface area (Å²) in [5.41, 5.74) is 0.831. The fourth-order valence-electron chi connectivity index (χ4n) is 2.05. The fraction of sp³-hybridized carbons (Fsp3) is 0.643. The second-order valence-corrected chi connectivity index (χ2v) is 4.92. The van der Waals surface area contributed by atoms with Crippen molar-refractivity contribution in [2.45, 2.75) is 38.7 Å². The first kappa shape index (κ1) is 15.2. The minimum absolute atomic E-state index is 0.0989. The first-order valence-electron chi connectivity index (χ1n) is 6.91. The number of ether oxygens (including phenoxy) is 2. The molecule has 1 atom stereocenters. The van der Waals surface area contributed by atoms with Gasteiger partial charge in [0, 0.05) is 12.8 Å². The molecule has 1 heterocycles. The maximum Gasteiger partial charge on any atom is 0.341 e. The minimum Gasteiger partial charge on any atom is -0.462 e. The summed E-state index contributed by atoms with van der Waals surface area (Å²) in [4.78, 5) is 20.5. The fourth-order valence-corrected chi connectivity index (χ4v) is 2.25. The third kappa shape index (κ3) is 3.46. The van der Waals surface area contributed by atoms with E-state index in [0.29, 0.717) is 36.2 Å². The average Bonchev–Trinajstić information content (AvgIpc) is 3.29. The number of carbonyl (C=O) groups excluding carboxylic acids is 1. The smallest absolute Gasteiger partial charge is 0.341 e. The van der Waals surface area contributed by atoms with Crippen LogP contribution in [0.5, 0.6) is 0 Å². The topological polar surface area (TPSA) is 61.3 Å². The Morgan fingerprint density at radius 2 is 2.20 bits per heavy atom. The van der Waals surface area contributed by atoms with E-state index >= 15 is 0 Å². The number of hydrogen-bond acceptors (Lipinski definition) is 5. The molecule has 1 fully saturated rings. The largest absolute Gasteiger partial charge is 0.462 e. The molecule has 0 N–H and O–H groups in total. The molecule has 1 aliphatic carbocycles. The molecule has 1 unspecified atom stereocenters. The van der Waals surface area contributed by atoms with E-state index in [0.717, 1.165) is 12.8 Å². The molecule has 20 heavy (non-hydrogen) atoms. The maximum atomic E-state index is 11.8. The number of alkyl halides is 1. The molecule has 1 aromatic heterocycles. The standard InChI is InChI=1S/C14H19ClN2O3/c1-3-19-12(9-5-6-9)13-16-8-10(11(7-15)17-13)14(18)20-4-2/h8-9,12H,3-7H2,1-2H3. The highest BCUT2D eigenvalue weighted by Gasteiger charge is 2.35. The summed E-state index contributed by atoms with van der Waals surface area (Å²) in [7, 11) is 0. The molecule has 0 radical (unpaired) electrons. The summed E-state index contributed by atoms with van der Waals surface area (Å²) in [5, 5.41) is 0. The van der Waals surface area contributed by atoms with E-state index in [1.54, 1.807) is 6.92 Å². The Labute approximate surface area is 123 Å². The number of nitrogens with zero attached hydrogens (tertiary/aromatic N) is 2. The highest BCUT2D eigenvalue weighted by Crippen LogP contribution is 2.42. The van der Waals surface area contributed by atoms with Crippen molar-refractivity contribution >= 4 is 17.6 Å². The van der Waals surface area contributed by atoms with Gasteiger partial charge in [-0.1, -0.05) is 0 Å². The lowest BCUT2D eigenvalue weighted by Gasteiger charge is -2.16. The van der Waals surface area contributed by atoms with Crippen LogP contribution in [0, 0.1) is 5.92 Å². The summed E-state index contributed by atoms with van der Waals surface area (Å²) >= 11 is 5.89. The van der Waals surface area contributed by atoms with Gasteiger partial charge >= 0.3 is 5.97 Å². The number of hydrogen-bond donors (Lipinski definition) is 0. The van der Waals surface area contributed by atoms with Crippen LogP contribution in [0.15, 0.2) is 6.20 Å². The molecular weight excluding hydrogens is 280 g/mol. The van der Waals surface area contributed by atoms with E-state index in [2.05, 4.69) is 9.97 Å². The molecule has 5 nitrogen and oxygen atoms in total. The van der Waals surface area contributed by atoms with E-state index in [4.69, 9.17) is 21.1 Å². The van der Waals surface area contributed by atoms with Crippen molar-refractivity contribution in [3.8, 4) is 0 Å². The lowest BCUT2D eigenvalue weighted by Crippen LogP contribution is -2.16. The van der Waals surface area contributed by atoms with Gasteiger partial charge in [0.05, 0.1) is 18.2 Å². The summed E-state index contributed by atoms with van der Waals surface area (Å²) in [6.07, 6.45) is 3.65. The molecule has 110 valence electrons. The van der Waals surface area contributed by atoms with Crippen LogP contribution in [0.2, 0.25) is 0 Å². The Morgan fingerprint density at radius 1 is 1.45 bits per heavy atom. The molecule has 0 aromatic carbocycles. The molecule has 2 rings (SSSR count). The maximum absolute atomic E-state index is 11.8. The van der Waals surface area contributed by atoms with Crippen LogP contribution in [0.4, 0.5) is 0 Å². The Kier molecular flexibility index (Phi) is 5.31. The van der Waals surface area contributed by atoms with Crippen LogP contribution in [-0.2, 0) is 15.4 Å². The van der Waals surface area contributed by atoms with Gasteiger partial charge in [0.25, 0.3) is 0 Å². The van der Waals surface area contributed by atoms with Crippen molar-refractivity contribution in [2.24, 2.45) is 5.92 Å². The third-order valence-electron chi connectivity index (χ3n) is 3.16. The summed E-state index contributed by atoms with van der Waals surface area (Å²) < 4.78 is 10.7. The van der Waals surface area contributed by atoms with Crippen molar-refractivity contribution < 1.29 is 14.3 Å². The van der Waals surface area contributed by atoms with Gasteiger partial charge in [0.2, 0.25) is 0 Å². The molecule has 1 saturated carbocycles. The highest BCUT2D eigenvalue weighted by atomic mass is 35.5. The molecule has 0 bridgehead atoms. The molecule has 0 aliphatic heterocycles. The normalized spacial score (nSPS) is 15.9. The lowest BCUT2D eigenvalue weighted by molar-refractivity contribution is 0.0395. The van der Waals surface area contributed by atoms with E-state index in [1.807, 2.05) is 6.92 Å². The molecule has 6 heteroatoms. The lowest BCUT2D eigenvalue weighted by atomic mass is 10.2. The highest BCUT2D eigenvalue weighted by molar-refractivity contribution is 6.17. The molecule has 0 saturated heterocycles. The van der Waals surface area contributed by atoms with Gasteiger partial charge in [0.1, 0.15) is 11.7 Å². The number of carbonyl (C=O) groups is 1. The molecule has 1 aromatic rings. The zero-order valence-corrected chi connectivity index (χ0v) is 12.5. The van der Waals surface area contributed by atoms with Crippen LogP contribution in [0.25, 0.3) is 0 Å². The Balaban J connectivity index is 2.25. The summed E-state index contributed by atoms with van der Waals surface area (Å²) in [6.45, 7) is 4.63. The van der Waals surface area contributed by atoms with Gasteiger partial charge in [0.15, 0.2) is 5.82 Å². The zero-order chi connectivity index (χ0) is 14.5. The number of esters is 1. The first-order chi connectivity index (χ1) is 9.71. The van der Waals surface area contributed by atoms with Gasteiger partial charge in [-0.05, 0) is 32.6 Å². The summed E-state index contributed by atoms with van der Waals surface area (Å²) in [6, 6.07) is 0. The predicted molar refractivity (Wildman–Crippen MR) is 74.6 cm³/mol. The Hall–Kier alpha value is -1.20. The van der Waals surface area contributed by atoms with Crippen molar-refractivity contribution in [3.63, 3.8) is 0 Å². The average molecular weight is 299 g/mol. The molecule has 1 aliphatic rings. The Morgan fingerprint density at radius 3 is 2.75 bits per heavy atom. The van der Waals surface area contributed by atoms with E-state index in [9.17, 15) is 4.79 Å². The van der Waals surface area contributed by atoms with E-state index in [-0.39, 0.29) is 12.0 Å². The van der Waals surface area contributed by atoms with Crippen molar-refractivity contribution in [2.75, 3.05) is 13.2 Å². The second-order valence-electron chi connectivity index (χ2n) is 4.66. The van der Waals surface area contributed by atoms with Crippen LogP contribution >= 0.6 is 11.6 Å². The monoisotopic (exact) mass is 298 g/mol. The van der Waals surface area contributed by atoms with Crippen molar-refractivity contribution in [1.29, 1.82) is 0 Å². The molecule has 0 amide bonds. The predicted octanol–water partition coefficient (Wildman–Crippen LogP) is 2.88. The van der Waals surface area contributed by atoms with Gasteiger partial charge < -0.3 is 9.47 Å². The number of halogens is 1. The quantitative estimate of drug-likeness (QED) is 0.572. The van der Waals surface area contributed by atoms with Crippen molar-refractivity contribution in [3.05, 3.63) is 23.3 Å². The van der Waals surface area contributed by atoms with Gasteiger partial charge in [-0.25, -0.2) is 14.8 Å². The van der Waals surface area contributed by atoms with Gasteiger partial charge in [-0.15, -0.1) is 11.6 Å². The minimum atomic E-state index is -0.436. The van der Waals surface area contributed by atoms with Crippen LogP contribution in [-0.4, -0.2) is 29.2 Å². The van der Waals surface area contributed by atoms with Crippen LogP contribution in [0.1, 0.15) is 54.7 Å². The number of aromatic nitrogens is 2. The SMILES string of the molecule is CCOC(=O)c1cnc(C(OCC)C2CC2)nc1CCl. The molecular formula is C14H19ClN2O3. The number of rotatable bonds is 7. The van der Waals surface area contributed by atoms with E-state index < -0.39 is 5.97 Å². The molecule has 0 spiro atoms. The van der Waals surface area contributed by atoms with Gasteiger partial charge in [-0.3, -0.25) is 0 Å². The van der Waals surface area contributed by atoms with Crippen molar-refractivity contribution in [1.82, 2.24) is 9.97 Å². The van der Waals surface area contributed by atoms with Crippen LogP contribution < -0.4 is 0 Å². The summed E-state index contributed by atoms with van der Waals surface area (Å²) in [5.74, 6) is 0.798. The first-order valence-corrected chi connectivity index (χ1v) is 7.45. The zero-order valence-electron chi connectivity index (χ0n) is 11.8. The van der Waals surface area contributed by atoms with Crippen LogP contribution in [0.3, 0.4) is 0 Å². The second kappa shape index (κ2) is 6.99.